The van der Waals surface area contributed by atoms with Gasteiger partial charge in [-0.2, -0.15) is 0 Å². The number of β-amino-alcohol motifs (C(OH)–C–C–N with tert-alkyl or cyclic N) is 1. The number of anilines is 1. The molecule has 1 unspecified atom stereocenters. The molecule has 1 saturated heterocycles. The summed E-state index contributed by atoms with van der Waals surface area (Å²) in [5, 5.41) is 10.3. The molecule has 4 heteroatoms. The van der Waals surface area contributed by atoms with Crippen LogP contribution in [-0.2, 0) is 0 Å². The van der Waals surface area contributed by atoms with Crippen LogP contribution in [-0.4, -0.2) is 47.7 Å². The zero-order valence-electron chi connectivity index (χ0n) is 13.0. The van der Waals surface area contributed by atoms with E-state index in [1.165, 1.54) is 11.3 Å². The molecule has 0 bridgehead atoms. The number of benzene rings is 1. The number of piperazine rings is 1. The Morgan fingerprint density at radius 2 is 1.95 bits per heavy atom. The highest BCUT2D eigenvalue weighted by Gasteiger charge is 2.20. The van der Waals surface area contributed by atoms with Gasteiger partial charge in [0.25, 0.3) is 0 Å². The van der Waals surface area contributed by atoms with Gasteiger partial charge in [0.2, 0.25) is 0 Å². The van der Waals surface area contributed by atoms with Crippen molar-refractivity contribution in [3.63, 3.8) is 0 Å². The van der Waals surface area contributed by atoms with E-state index in [4.69, 9.17) is 0 Å². The van der Waals surface area contributed by atoms with Crippen molar-refractivity contribution in [3.8, 4) is 0 Å². The maximum atomic E-state index is 10.3. The molecule has 1 atom stereocenters. The topological polar surface area (TPSA) is 39.6 Å². The summed E-state index contributed by atoms with van der Waals surface area (Å²) in [5.41, 5.74) is 3.49. The maximum absolute atomic E-state index is 10.3. The molecule has 0 spiro atoms. The summed E-state index contributed by atoms with van der Waals surface area (Å²) in [6, 6.07) is 12.5. The van der Waals surface area contributed by atoms with Crippen molar-refractivity contribution in [2.24, 2.45) is 0 Å². The molecule has 2 aromatic rings. The molecule has 1 N–H and O–H groups in total. The maximum Gasteiger partial charge on any atom is 0.0931 e. The van der Waals surface area contributed by atoms with E-state index in [0.717, 1.165) is 31.7 Å². The minimum atomic E-state index is -0.459. The number of nitrogens with zero attached hydrogens (tertiary/aromatic N) is 3. The average molecular weight is 297 g/mol. The highest BCUT2D eigenvalue weighted by Crippen LogP contribution is 2.19. The predicted octanol–water partition coefficient (Wildman–Crippen LogP) is 2.25. The second-order valence-electron chi connectivity index (χ2n) is 5.93. The molecule has 0 aliphatic carbocycles. The summed E-state index contributed by atoms with van der Waals surface area (Å²) < 4.78 is 0. The first-order valence-corrected chi connectivity index (χ1v) is 7.84. The zero-order chi connectivity index (χ0) is 15.4. The number of aryl methyl sites for hydroxylation is 1. The molecule has 1 aromatic carbocycles. The van der Waals surface area contributed by atoms with Crippen molar-refractivity contribution >= 4 is 5.69 Å². The van der Waals surface area contributed by atoms with E-state index >= 15 is 0 Å². The summed E-state index contributed by atoms with van der Waals surface area (Å²) >= 11 is 0. The largest absolute Gasteiger partial charge is 0.387 e. The van der Waals surface area contributed by atoms with Gasteiger partial charge in [0.1, 0.15) is 0 Å². The first-order chi connectivity index (χ1) is 10.7. The van der Waals surface area contributed by atoms with Gasteiger partial charge < -0.3 is 10.0 Å². The highest BCUT2D eigenvalue weighted by atomic mass is 16.3. The fraction of sp³-hybridized carbons (Fsp3) is 0.389. The lowest BCUT2D eigenvalue weighted by atomic mass is 10.1. The molecular formula is C18H23N3O. The van der Waals surface area contributed by atoms with E-state index in [2.05, 4.69) is 46.0 Å². The van der Waals surface area contributed by atoms with E-state index in [1.807, 2.05) is 12.1 Å². The molecule has 1 aromatic heterocycles. The van der Waals surface area contributed by atoms with Crippen molar-refractivity contribution < 1.29 is 5.11 Å². The van der Waals surface area contributed by atoms with Crippen LogP contribution in [0.1, 0.15) is 17.2 Å². The lowest BCUT2D eigenvalue weighted by Crippen LogP contribution is -2.47. The summed E-state index contributed by atoms with van der Waals surface area (Å²) in [7, 11) is 0. The number of aromatic nitrogens is 1. The predicted molar refractivity (Wildman–Crippen MR) is 89.0 cm³/mol. The van der Waals surface area contributed by atoms with Crippen LogP contribution in [0.5, 0.6) is 0 Å². The Hall–Kier alpha value is -1.91. The SMILES string of the molecule is Cc1cccc(N2CCN(CC(O)c3cccnc3)CC2)c1. The van der Waals surface area contributed by atoms with Gasteiger partial charge >= 0.3 is 0 Å². The van der Waals surface area contributed by atoms with E-state index in [9.17, 15) is 5.11 Å². The van der Waals surface area contributed by atoms with Crippen molar-refractivity contribution in [2.75, 3.05) is 37.6 Å². The summed E-state index contributed by atoms with van der Waals surface area (Å²) in [6.07, 6.45) is 3.02. The second-order valence-corrected chi connectivity index (χ2v) is 5.93. The van der Waals surface area contributed by atoms with Crippen LogP contribution in [0.15, 0.2) is 48.8 Å². The van der Waals surface area contributed by atoms with Crippen LogP contribution in [0.25, 0.3) is 0 Å². The lowest BCUT2D eigenvalue weighted by molar-refractivity contribution is 0.109. The molecule has 4 nitrogen and oxygen atoms in total. The van der Waals surface area contributed by atoms with Crippen molar-refractivity contribution in [1.82, 2.24) is 9.88 Å². The van der Waals surface area contributed by atoms with Gasteiger partial charge in [-0.1, -0.05) is 18.2 Å². The Morgan fingerprint density at radius 3 is 2.64 bits per heavy atom. The normalized spacial score (nSPS) is 17.5. The third-order valence-corrected chi connectivity index (χ3v) is 4.24. The first-order valence-electron chi connectivity index (χ1n) is 7.84. The lowest BCUT2D eigenvalue weighted by Gasteiger charge is -2.37. The molecule has 116 valence electrons. The number of rotatable bonds is 4. The van der Waals surface area contributed by atoms with Gasteiger partial charge in [-0.3, -0.25) is 9.88 Å². The van der Waals surface area contributed by atoms with E-state index in [0.29, 0.717) is 6.54 Å². The monoisotopic (exact) mass is 297 g/mol. The molecule has 1 aliphatic rings. The molecule has 0 saturated carbocycles. The minimum absolute atomic E-state index is 0.459. The minimum Gasteiger partial charge on any atom is -0.387 e. The van der Waals surface area contributed by atoms with Crippen LogP contribution in [0.4, 0.5) is 5.69 Å². The number of hydrogen-bond acceptors (Lipinski definition) is 4. The summed E-state index contributed by atoms with van der Waals surface area (Å²) in [5.74, 6) is 0. The molecule has 3 rings (SSSR count). The fourth-order valence-corrected chi connectivity index (χ4v) is 2.94. The smallest absolute Gasteiger partial charge is 0.0931 e. The molecule has 1 fully saturated rings. The fourth-order valence-electron chi connectivity index (χ4n) is 2.94. The molecular weight excluding hydrogens is 274 g/mol. The van der Waals surface area contributed by atoms with E-state index in [-0.39, 0.29) is 0 Å². The van der Waals surface area contributed by atoms with Gasteiger partial charge in [0, 0.05) is 56.4 Å². The van der Waals surface area contributed by atoms with E-state index in [1.54, 1.807) is 12.4 Å². The standard InChI is InChI=1S/C18H23N3O/c1-15-4-2-6-17(12-15)21-10-8-20(9-11-21)14-18(22)16-5-3-7-19-13-16/h2-7,12-13,18,22H,8-11,14H2,1H3. The number of pyridine rings is 1. The van der Waals surface area contributed by atoms with Crippen molar-refractivity contribution in [3.05, 3.63) is 59.9 Å². The summed E-state index contributed by atoms with van der Waals surface area (Å²) in [4.78, 5) is 8.81. The third-order valence-electron chi connectivity index (χ3n) is 4.24. The summed E-state index contributed by atoms with van der Waals surface area (Å²) in [6.45, 7) is 6.76. The first kappa shape index (κ1) is 15.0. The van der Waals surface area contributed by atoms with E-state index < -0.39 is 6.10 Å². The number of aliphatic hydroxyl groups excluding tert-OH is 1. The van der Waals surface area contributed by atoms with Crippen molar-refractivity contribution in [2.45, 2.75) is 13.0 Å². The van der Waals surface area contributed by atoms with Crippen molar-refractivity contribution in [1.29, 1.82) is 0 Å². The second kappa shape index (κ2) is 6.90. The Labute approximate surface area is 132 Å². The quantitative estimate of drug-likeness (QED) is 0.939. The van der Waals surface area contributed by atoms with Gasteiger partial charge in [0.05, 0.1) is 6.10 Å². The number of aliphatic hydroxyl groups is 1. The molecule has 22 heavy (non-hydrogen) atoms. The van der Waals surface area contributed by atoms with Crippen LogP contribution in [0, 0.1) is 6.92 Å². The Kier molecular flexibility index (Phi) is 4.71. The zero-order valence-corrected chi connectivity index (χ0v) is 13.0. The number of hydrogen-bond donors (Lipinski definition) is 1. The van der Waals surface area contributed by atoms with Gasteiger partial charge in [-0.25, -0.2) is 0 Å². The molecule has 0 amide bonds. The Bertz CT molecular complexity index is 594. The molecule has 0 radical (unpaired) electrons. The average Bonchev–Trinajstić information content (AvgIpc) is 2.56. The van der Waals surface area contributed by atoms with Crippen LogP contribution >= 0.6 is 0 Å². The Morgan fingerprint density at radius 1 is 1.14 bits per heavy atom. The van der Waals surface area contributed by atoms with Crippen LogP contribution in [0.2, 0.25) is 0 Å². The molecule has 2 heterocycles. The highest BCUT2D eigenvalue weighted by molar-refractivity contribution is 5.48. The van der Waals surface area contributed by atoms with Crippen LogP contribution in [0.3, 0.4) is 0 Å². The van der Waals surface area contributed by atoms with Crippen LogP contribution < -0.4 is 4.90 Å². The van der Waals surface area contributed by atoms with Gasteiger partial charge in [-0.05, 0) is 30.7 Å². The molecule has 1 aliphatic heterocycles. The van der Waals surface area contributed by atoms with Gasteiger partial charge in [-0.15, -0.1) is 0 Å². The third kappa shape index (κ3) is 3.64. The van der Waals surface area contributed by atoms with Gasteiger partial charge in [0.15, 0.2) is 0 Å². The Balaban J connectivity index is 1.54.